The van der Waals surface area contributed by atoms with Gasteiger partial charge in [-0.15, -0.1) is 11.3 Å². The molecule has 1 amide bonds. The zero-order chi connectivity index (χ0) is 15.4. The monoisotopic (exact) mass is 309 g/mol. The van der Waals surface area contributed by atoms with E-state index in [1.807, 2.05) is 0 Å². The third kappa shape index (κ3) is 3.85. The molecule has 7 heteroatoms. The number of carboxylic acid groups (broad SMARTS) is 1. The second kappa shape index (κ2) is 6.45. The van der Waals surface area contributed by atoms with E-state index in [2.05, 4.69) is 0 Å². The van der Waals surface area contributed by atoms with Crippen LogP contribution in [-0.4, -0.2) is 35.5 Å². The lowest BCUT2D eigenvalue weighted by Gasteiger charge is -2.15. The van der Waals surface area contributed by atoms with Crippen LogP contribution in [0.3, 0.4) is 0 Å². The standard InChI is InChI=1S/C14H15NO5S/c1-9-6-11(13(21-9)14(17)18)20-8-12(16)15(2)7-10-4-3-5-19-10/h3-6H,7-8H2,1-2H3,(H,17,18). The number of ether oxygens (including phenoxy) is 1. The number of aromatic carboxylic acids is 1. The van der Waals surface area contributed by atoms with Crippen molar-refractivity contribution in [1.29, 1.82) is 0 Å². The van der Waals surface area contributed by atoms with E-state index in [9.17, 15) is 9.59 Å². The molecule has 0 saturated carbocycles. The van der Waals surface area contributed by atoms with E-state index in [0.29, 0.717) is 12.3 Å². The summed E-state index contributed by atoms with van der Waals surface area (Å²) in [5.41, 5.74) is 0. The van der Waals surface area contributed by atoms with Crippen molar-refractivity contribution in [2.24, 2.45) is 0 Å². The number of thiophene rings is 1. The number of rotatable bonds is 6. The molecule has 6 nitrogen and oxygen atoms in total. The number of amides is 1. The van der Waals surface area contributed by atoms with Gasteiger partial charge in [0.1, 0.15) is 11.5 Å². The predicted molar refractivity (Wildman–Crippen MR) is 76.7 cm³/mol. The van der Waals surface area contributed by atoms with Gasteiger partial charge >= 0.3 is 5.97 Å². The van der Waals surface area contributed by atoms with Gasteiger partial charge in [-0.1, -0.05) is 0 Å². The molecule has 0 aromatic carbocycles. The number of furan rings is 1. The number of likely N-dealkylation sites (N-methyl/N-ethyl adjacent to an activating group) is 1. The molecule has 0 spiro atoms. The van der Waals surface area contributed by atoms with E-state index in [1.165, 1.54) is 11.2 Å². The summed E-state index contributed by atoms with van der Waals surface area (Å²) in [7, 11) is 1.63. The first-order valence-corrected chi connectivity index (χ1v) is 7.02. The summed E-state index contributed by atoms with van der Waals surface area (Å²) >= 11 is 1.12. The first kappa shape index (κ1) is 15.1. The van der Waals surface area contributed by atoms with Gasteiger partial charge in [-0.25, -0.2) is 4.79 Å². The summed E-state index contributed by atoms with van der Waals surface area (Å²) in [5.74, 6) is -0.417. The van der Waals surface area contributed by atoms with Gasteiger partial charge in [-0.2, -0.15) is 0 Å². The van der Waals surface area contributed by atoms with Crippen LogP contribution in [0.15, 0.2) is 28.9 Å². The minimum absolute atomic E-state index is 0.106. The van der Waals surface area contributed by atoms with E-state index in [0.717, 1.165) is 16.2 Å². The number of carbonyl (C=O) groups excluding carboxylic acids is 1. The van der Waals surface area contributed by atoms with E-state index in [-0.39, 0.29) is 23.1 Å². The summed E-state index contributed by atoms with van der Waals surface area (Å²) in [6, 6.07) is 5.14. The minimum Gasteiger partial charge on any atom is -0.482 e. The van der Waals surface area contributed by atoms with Gasteiger partial charge < -0.3 is 19.2 Å². The molecule has 2 heterocycles. The lowest BCUT2D eigenvalue weighted by molar-refractivity contribution is -0.132. The zero-order valence-electron chi connectivity index (χ0n) is 11.7. The number of nitrogens with zero attached hydrogens (tertiary/aromatic N) is 1. The van der Waals surface area contributed by atoms with Crippen LogP contribution in [0.5, 0.6) is 5.75 Å². The molecular formula is C14H15NO5S. The van der Waals surface area contributed by atoms with E-state index < -0.39 is 5.97 Å². The minimum atomic E-state index is -1.06. The summed E-state index contributed by atoms with van der Waals surface area (Å²) < 4.78 is 10.5. The summed E-state index contributed by atoms with van der Waals surface area (Å²) in [6.07, 6.45) is 1.54. The highest BCUT2D eigenvalue weighted by Gasteiger charge is 2.18. The second-order valence-corrected chi connectivity index (χ2v) is 5.73. The molecule has 1 N–H and O–H groups in total. The van der Waals surface area contributed by atoms with Crippen molar-refractivity contribution in [2.75, 3.05) is 13.7 Å². The highest BCUT2D eigenvalue weighted by molar-refractivity contribution is 7.14. The summed E-state index contributed by atoms with van der Waals surface area (Å²) in [5, 5.41) is 9.05. The predicted octanol–water partition coefficient (Wildman–Crippen LogP) is 2.39. The first-order chi connectivity index (χ1) is 9.97. The highest BCUT2D eigenvalue weighted by Crippen LogP contribution is 2.28. The van der Waals surface area contributed by atoms with Crippen molar-refractivity contribution in [3.8, 4) is 5.75 Å². The molecule has 0 aliphatic rings. The van der Waals surface area contributed by atoms with Crippen molar-refractivity contribution in [1.82, 2.24) is 4.90 Å². The van der Waals surface area contributed by atoms with Crippen molar-refractivity contribution in [2.45, 2.75) is 13.5 Å². The summed E-state index contributed by atoms with van der Waals surface area (Å²) in [4.78, 5) is 25.4. The zero-order valence-corrected chi connectivity index (χ0v) is 12.5. The van der Waals surface area contributed by atoms with E-state index in [1.54, 1.807) is 32.2 Å². The van der Waals surface area contributed by atoms with Crippen LogP contribution in [0.4, 0.5) is 0 Å². The third-order valence-electron chi connectivity index (χ3n) is 2.77. The average Bonchev–Trinajstić information content (AvgIpc) is 3.05. The maximum atomic E-state index is 11.9. The fraction of sp³-hybridized carbons (Fsp3) is 0.286. The topological polar surface area (TPSA) is 80.0 Å². The molecule has 2 aromatic rings. The number of carboxylic acids is 1. The molecule has 0 radical (unpaired) electrons. The van der Waals surface area contributed by atoms with Crippen LogP contribution in [0.2, 0.25) is 0 Å². The van der Waals surface area contributed by atoms with Crippen LogP contribution in [-0.2, 0) is 11.3 Å². The highest BCUT2D eigenvalue weighted by atomic mass is 32.1. The molecule has 0 aliphatic carbocycles. The Morgan fingerprint density at radius 1 is 1.48 bits per heavy atom. The molecule has 112 valence electrons. The Hall–Kier alpha value is -2.28. The van der Waals surface area contributed by atoms with Crippen LogP contribution in [0, 0.1) is 6.92 Å². The lowest BCUT2D eigenvalue weighted by Crippen LogP contribution is -2.30. The molecule has 2 aromatic heterocycles. The SMILES string of the molecule is Cc1cc(OCC(=O)N(C)Cc2ccco2)c(C(=O)O)s1. The Morgan fingerprint density at radius 2 is 2.24 bits per heavy atom. The van der Waals surface area contributed by atoms with E-state index in [4.69, 9.17) is 14.3 Å². The van der Waals surface area contributed by atoms with E-state index >= 15 is 0 Å². The summed E-state index contributed by atoms with van der Waals surface area (Å²) in [6.45, 7) is 1.91. The molecule has 21 heavy (non-hydrogen) atoms. The Kier molecular flexibility index (Phi) is 4.64. The van der Waals surface area contributed by atoms with Crippen molar-refractivity contribution in [3.05, 3.63) is 40.0 Å². The normalized spacial score (nSPS) is 10.4. The number of aryl methyl sites for hydroxylation is 1. The van der Waals surface area contributed by atoms with Gasteiger partial charge in [-0.05, 0) is 25.1 Å². The quantitative estimate of drug-likeness (QED) is 0.886. The molecular weight excluding hydrogens is 294 g/mol. The molecule has 0 fully saturated rings. The third-order valence-corrected chi connectivity index (χ3v) is 3.79. The Labute approximate surface area is 125 Å². The van der Waals surface area contributed by atoms with Crippen molar-refractivity contribution >= 4 is 23.2 Å². The lowest BCUT2D eigenvalue weighted by atomic mass is 10.4. The fourth-order valence-electron chi connectivity index (χ4n) is 1.72. The first-order valence-electron chi connectivity index (χ1n) is 6.20. The number of hydrogen-bond donors (Lipinski definition) is 1. The van der Waals surface area contributed by atoms with Crippen LogP contribution >= 0.6 is 11.3 Å². The van der Waals surface area contributed by atoms with Crippen LogP contribution < -0.4 is 4.74 Å². The van der Waals surface area contributed by atoms with Gasteiger partial charge in [0, 0.05) is 11.9 Å². The largest absolute Gasteiger partial charge is 0.482 e. The Balaban J connectivity index is 1.93. The molecule has 0 atom stereocenters. The Morgan fingerprint density at radius 3 is 2.86 bits per heavy atom. The smallest absolute Gasteiger partial charge is 0.349 e. The molecule has 2 rings (SSSR count). The maximum Gasteiger partial charge on any atom is 0.349 e. The number of hydrogen-bond acceptors (Lipinski definition) is 5. The van der Waals surface area contributed by atoms with Crippen molar-refractivity contribution < 1.29 is 23.8 Å². The van der Waals surface area contributed by atoms with Gasteiger partial charge in [0.05, 0.1) is 12.8 Å². The number of carbonyl (C=O) groups is 2. The van der Waals surface area contributed by atoms with Gasteiger partial charge in [0.2, 0.25) is 0 Å². The Bertz CT molecular complexity index is 632. The molecule has 0 aliphatic heterocycles. The second-order valence-electron chi connectivity index (χ2n) is 4.47. The van der Waals surface area contributed by atoms with Crippen LogP contribution in [0.1, 0.15) is 20.3 Å². The van der Waals surface area contributed by atoms with Gasteiger partial charge in [0.15, 0.2) is 11.5 Å². The molecule has 0 saturated heterocycles. The maximum absolute atomic E-state index is 11.9. The van der Waals surface area contributed by atoms with Crippen molar-refractivity contribution in [3.63, 3.8) is 0 Å². The molecule has 0 bridgehead atoms. The van der Waals surface area contributed by atoms with Crippen LogP contribution in [0.25, 0.3) is 0 Å². The van der Waals surface area contributed by atoms with Gasteiger partial charge in [0.25, 0.3) is 5.91 Å². The molecule has 0 unspecified atom stereocenters. The average molecular weight is 309 g/mol. The fourth-order valence-corrected chi connectivity index (χ4v) is 2.52. The van der Waals surface area contributed by atoms with Gasteiger partial charge in [-0.3, -0.25) is 4.79 Å².